The van der Waals surface area contributed by atoms with Crippen molar-refractivity contribution < 1.29 is 33.0 Å². The molecule has 0 saturated heterocycles. The Bertz CT molecular complexity index is 1530. The van der Waals surface area contributed by atoms with Crippen LogP contribution in [0.1, 0.15) is 17.5 Å². The molecule has 4 aromatic heterocycles. The molecule has 0 atom stereocenters. The van der Waals surface area contributed by atoms with Crippen LogP contribution in [0.2, 0.25) is 0 Å². The predicted octanol–water partition coefficient (Wildman–Crippen LogP) is 1.99. The van der Waals surface area contributed by atoms with Crippen molar-refractivity contribution in [2.45, 2.75) is 6.92 Å². The number of carbonyl (C=O) groups excluding carboxylic acids is 2. The third-order valence-corrected chi connectivity index (χ3v) is 5.80. The molecule has 0 unspecified atom stereocenters. The van der Waals surface area contributed by atoms with Gasteiger partial charge < -0.3 is 28.7 Å². The highest BCUT2D eigenvalue weighted by Gasteiger charge is 2.25. The van der Waals surface area contributed by atoms with E-state index in [9.17, 15) is 14.4 Å². The fraction of sp³-hybridized carbons (Fsp3) is 0.261. The van der Waals surface area contributed by atoms with Crippen molar-refractivity contribution in [2.24, 2.45) is 0 Å². The van der Waals surface area contributed by atoms with Gasteiger partial charge in [0.2, 0.25) is 27.8 Å². The minimum Gasteiger partial charge on any atom is -0.496 e. The number of aromatic nitrogens is 5. The van der Waals surface area contributed by atoms with E-state index in [0.717, 1.165) is 11.3 Å². The van der Waals surface area contributed by atoms with E-state index in [4.69, 9.17) is 23.4 Å². The van der Waals surface area contributed by atoms with Gasteiger partial charge in [-0.2, -0.15) is 9.78 Å². The summed E-state index contributed by atoms with van der Waals surface area (Å²) in [5, 5.41) is 17.5. The van der Waals surface area contributed by atoms with Crippen LogP contribution < -0.4 is 30.5 Å². The van der Waals surface area contributed by atoms with Gasteiger partial charge in [0.05, 0.1) is 32.6 Å². The van der Waals surface area contributed by atoms with E-state index in [-0.39, 0.29) is 57.9 Å². The molecule has 2 N–H and O–H groups in total. The minimum absolute atomic E-state index is 0.0339. The van der Waals surface area contributed by atoms with E-state index in [1.165, 1.54) is 51.4 Å². The lowest BCUT2D eigenvalue weighted by atomic mass is 10.1. The Morgan fingerprint density at radius 3 is 2.62 bits per heavy atom. The fourth-order valence-corrected chi connectivity index (χ4v) is 4.10. The highest BCUT2D eigenvalue weighted by atomic mass is 32.1. The molecule has 0 fully saturated rings. The molecule has 4 rings (SSSR count). The molecule has 0 aliphatic carbocycles. The Morgan fingerprint density at radius 2 is 1.90 bits per heavy atom. The summed E-state index contributed by atoms with van der Waals surface area (Å²) in [6.07, 6.45) is 2.94. The van der Waals surface area contributed by atoms with E-state index in [2.05, 4.69) is 30.9 Å². The lowest BCUT2D eigenvalue weighted by Gasteiger charge is -2.15. The number of hydrogen-bond acceptors (Lipinski definition) is 13. The third kappa shape index (κ3) is 6.02. The number of pyridine rings is 1. The summed E-state index contributed by atoms with van der Waals surface area (Å²) < 4.78 is 28.1. The molecule has 0 aromatic carbocycles. The van der Waals surface area contributed by atoms with Gasteiger partial charge in [0.15, 0.2) is 5.76 Å². The second-order valence-corrected chi connectivity index (χ2v) is 8.49. The number of hydrogen-bond donors (Lipinski definition) is 2. The second-order valence-electron chi connectivity index (χ2n) is 7.53. The van der Waals surface area contributed by atoms with Crippen molar-refractivity contribution in [1.82, 2.24) is 25.0 Å². The van der Waals surface area contributed by atoms with Crippen LogP contribution in [-0.2, 0) is 9.53 Å². The Labute approximate surface area is 224 Å². The highest BCUT2D eigenvalue weighted by molar-refractivity contribution is 7.17. The summed E-state index contributed by atoms with van der Waals surface area (Å²) >= 11 is 0.975. The number of nitrogens with zero attached hydrogens (tertiary/aromatic N) is 5. The van der Waals surface area contributed by atoms with Gasteiger partial charge in [-0.3, -0.25) is 14.9 Å². The molecule has 0 spiro atoms. The molecule has 4 heterocycles. The quantitative estimate of drug-likeness (QED) is 0.256. The zero-order valence-electron chi connectivity index (χ0n) is 21.2. The monoisotopic (exact) mass is 557 g/mol. The lowest BCUT2D eigenvalue weighted by molar-refractivity contribution is -0.114. The van der Waals surface area contributed by atoms with Gasteiger partial charge in [0, 0.05) is 31.9 Å². The van der Waals surface area contributed by atoms with E-state index >= 15 is 0 Å². The largest absolute Gasteiger partial charge is 0.496 e. The Hall–Kier alpha value is -4.83. The molecule has 0 bridgehead atoms. The maximum absolute atomic E-state index is 13.1. The molecule has 0 aliphatic rings. The molecular weight excluding hydrogens is 534 g/mol. The Morgan fingerprint density at radius 1 is 1.08 bits per heavy atom. The molecule has 15 nitrogen and oxygen atoms in total. The number of rotatable bonds is 11. The van der Waals surface area contributed by atoms with Crippen molar-refractivity contribution in [2.75, 3.05) is 45.2 Å². The fourth-order valence-electron chi connectivity index (χ4n) is 3.38. The first-order valence-corrected chi connectivity index (χ1v) is 12.0. The van der Waals surface area contributed by atoms with Crippen LogP contribution in [0.15, 0.2) is 39.8 Å². The highest BCUT2D eigenvalue weighted by Crippen LogP contribution is 2.40. The Kier molecular flexibility index (Phi) is 8.47. The van der Waals surface area contributed by atoms with E-state index in [1.54, 1.807) is 12.1 Å². The van der Waals surface area contributed by atoms with Gasteiger partial charge in [-0.05, 0) is 12.1 Å². The molecule has 16 heteroatoms. The Balaban J connectivity index is 1.69. The zero-order valence-corrected chi connectivity index (χ0v) is 22.0. The standard InChI is InChI=1S/C23H23N7O8S/c1-12(31)26-16-6-8-25-30(16)23-29-28-22(39-23)27-19(32)15-11-13(18(21(33)38-15)37-10-9-34-2)17-14(35-3)5-7-24-20(17)36-4/h5-8,11H,9-10H2,1-4H3,(H,26,31)(H,27,28,32). The summed E-state index contributed by atoms with van der Waals surface area (Å²) in [4.78, 5) is 41.7. The smallest absolute Gasteiger partial charge is 0.379 e. The molecule has 4 aromatic rings. The van der Waals surface area contributed by atoms with Crippen LogP contribution in [0.4, 0.5) is 10.9 Å². The number of anilines is 2. The number of ether oxygens (including phenoxy) is 4. The topological polar surface area (TPSA) is 182 Å². The normalized spacial score (nSPS) is 10.7. The van der Waals surface area contributed by atoms with Gasteiger partial charge in [-0.15, -0.1) is 10.2 Å². The van der Waals surface area contributed by atoms with Crippen molar-refractivity contribution in [3.05, 3.63) is 46.8 Å². The summed E-state index contributed by atoms with van der Waals surface area (Å²) in [7, 11) is 4.33. The first-order chi connectivity index (χ1) is 18.9. The zero-order chi connectivity index (χ0) is 27.9. The average Bonchev–Trinajstić information content (AvgIpc) is 3.57. The summed E-state index contributed by atoms with van der Waals surface area (Å²) in [5.74, 6) is -0.798. The van der Waals surface area contributed by atoms with Crippen LogP contribution in [0.3, 0.4) is 0 Å². The number of methoxy groups -OCH3 is 3. The first kappa shape index (κ1) is 27.2. The van der Waals surface area contributed by atoms with Crippen LogP contribution in [0.25, 0.3) is 16.3 Å². The molecule has 39 heavy (non-hydrogen) atoms. The van der Waals surface area contributed by atoms with Gasteiger partial charge in [-0.1, -0.05) is 11.3 Å². The van der Waals surface area contributed by atoms with Crippen LogP contribution >= 0.6 is 11.3 Å². The third-order valence-electron chi connectivity index (χ3n) is 4.99. The van der Waals surface area contributed by atoms with Gasteiger partial charge in [0.1, 0.15) is 18.2 Å². The number of amides is 2. The molecule has 204 valence electrons. The second kappa shape index (κ2) is 12.1. The predicted molar refractivity (Wildman–Crippen MR) is 138 cm³/mol. The van der Waals surface area contributed by atoms with Crippen molar-refractivity contribution in [3.8, 4) is 33.6 Å². The van der Waals surface area contributed by atoms with Crippen LogP contribution in [-0.4, -0.2) is 71.3 Å². The molecular formula is C23H23N7O8S. The van der Waals surface area contributed by atoms with Crippen LogP contribution in [0, 0.1) is 0 Å². The van der Waals surface area contributed by atoms with Crippen LogP contribution in [0.5, 0.6) is 17.4 Å². The van der Waals surface area contributed by atoms with Crippen molar-refractivity contribution in [1.29, 1.82) is 0 Å². The summed E-state index contributed by atoms with van der Waals surface area (Å²) in [5.41, 5.74) is -0.487. The molecule has 0 radical (unpaired) electrons. The van der Waals surface area contributed by atoms with Gasteiger partial charge >= 0.3 is 5.63 Å². The summed E-state index contributed by atoms with van der Waals surface area (Å²) in [6.45, 7) is 1.59. The average molecular weight is 558 g/mol. The summed E-state index contributed by atoms with van der Waals surface area (Å²) in [6, 6.07) is 4.46. The maximum atomic E-state index is 13.1. The molecule has 2 amide bonds. The minimum atomic E-state index is -0.920. The van der Waals surface area contributed by atoms with Gasteiger partial charge in [0.25, 0.3) is 5.91 Å². The molecule has 0 saturated carbocycles. The first-order valence-electron chi connectivity index (χ1n) is 11.2. The van der Waals surface area contributed by atoms with Crippen molar-refractivity contribution in [3.63, 3.8) is 0 Å². The maximum Gasteiger partial charge on any atom is 0.379 e. The number of carbonyl (C=O) groups is 2. The van der Waals surface area contributed by atoms with E-state index < -0.39 is 11.5 Å². The van der Waals surface area contributed by atoms with E-state index in [0.29, 0.717) is 11.6 Å². The van der Waals surface area contributed by atoms with Crippen molar-refractivity contribution >= 4 is 34.1 Å². The lowest BCUT2D eigenvalue weighted by Crippen LogP contribution is -2.18. The molecule has 0 aliphatic heterocycles. The number of nitrogens with one attached hydrogen (secondary N) is 2. The SMILES string of the molecule is COCCOc1c(-c2c(OC)ccnc2OC)cc(C(=O)Nc2nnc(-n3nccc3NC(C)=O)s2)oc1=O. The van der Waals surface area contributed by atoms with Gasteiger partial charge in [-0.25, -0.2) is 9.78 Å². The van der Waals surface area contributed by atoms with E-state index in [1.807, 2.05) is 0 Å².